The Morgan fingerprint density at radius 3 is 2.24 bits per heavy atom. The predicted octanol–water partition coefficient (Wildman–Crippen LogP) is 3.79. The highest BCUT2D eigenvalue weighted by Gasteiger charge is 2.31. The first-order valence-electron chi connectivity index (χ1n) is 11.6. The van der Waals surface area contributed by atoms with Crippen LogP contribution >= 0.6 is 0 Å². The van der Waals surface area contributed by atoms with Crippen molar-refractivity contribution in [2.24, 2.45) is 11.8 Å². The Kier molecular flexibility index (Phi) is 6.88. The molecule has 4 rings (SSSR count). The maximum absolute atomic E-state index is 13.0. The van der Waals surface area contributed by atoms with E-state index in [2.05, 4.69) is 28.1 Å². The van der Waals surface area contributed by atoms with Crippen molar-refractivity contribution >= 4 is 12.0 Å². The molecule has 0 spiro atoms. The molecule has 0 saturated carbocycles. The summed E-state index contributed by atoms with van der Waals surface area (Å²) < 4.78 is 11.4. The number of piperidine rings is 1. The van der Waals surface area contributed by atoms with Crippen LogP contribution in [0.15, 0.2) is 48.5 Å². The van der Waals surface area contributed by atoms with Crippen molar-refractivity contribution in [3.8, 4) is 11.5 Å². The number of ether oxygens (including phenoxy) is 2. The van der Waals surface area contributed by atoms with Crippen LogP contribution in [0.4, 0.5) is 4.79 Å². The molecule has 2 aromatic rings. The Hall–Kier alpha value is -3.06. The van der Waals surface area contributed by atoms with Gasteiger partial charge in [0.2, 0.25) is 5.91 Å². The molecule has 2 amide bonds. The van der Waals surface area contributed by atoms with E-state index < -0.39 is 11.7 Å². The quantitative estimate of drug-likeness (QED) is 0.644. The first-order valence-corrected chi connectivity index (χ1v) is 11.6. The molecule has 0 bridgehead atoms. The van der Waals surface area contributed by atoms with E-state index in [1.807, 2.05) is 57.2 Å². The highest BCUT2D eigenvalue weighted by Crippen LogP contribution is 2.43. The summed E-state index contributed by atoms with van der Waals surface area (Å²) in [5.74, 6) is 1.77. The number of para-hydroxylation sites is 2. The summed E-state index contributed by atoms with van der Waals surface area (Å²) in [5, 5.41) is 9.34. The van der Waals surface area contributed by atoms with Crippen molar-refractivity contribution in [2.45, 2.75) is 38.7 Å². The maximum atomic E-state index is 13.0. The van der Waals surface area contributed by atoms with Crippen LogP contribution in [0, 0.1) is 11.8 Å². The van der Waals surface area contributed by atoms with Gasteiger partial charge in [-0.2, -0.15) is 0 Å². The lowest BCUT2D eigenvalue weighted by atomic mass is 9.87. The number of fused-ring (bicyclic) bond motifs is 2. The summed E-state index contributed by atoms with van der Waals surface area (Å²) in [4.78, 5) is 25.0. The number of hydrogen-bond donors (Lipinski definition) is 3. The molecule has 2 aliphatic rings. The van der Waals surface area contributed by atoms with Crippen molar-refractivity contribution in [3.05, 3.63) is 59.7 Å². The number of rotatable bonds is 5. The van der Waals surface area contributed by atoms with Crippen LogP contribution in [0.2, 0.25) is 0 Å². The van der Waals surface area contributed by atoms with Crippen molar-refractivity contribution in [1.82, 2.24) is 16.0 Å². The Labute approximate surface area is 195 Å². The molecule has 7 nitrogen and oxygen atoms in total. The Morgan fingerprint density at radius 1 is 0.970 bits per heavy atom. The largest absolute Gasteiger partial charge is 0.457 e. The number of benzene rings is 2. The molecule has 0 aliphatic carbocycles. The topological polar surface area (TPSA) is 88.7 Å². The molecule has 0 radical (unpaired) electrons. The first-order chi connectivity index (χ1) is 15.8. The summed E-state index contributed by atoms with van der Waals surface area (Å²) in [7, 11) is 0. The summed E-state index contributed by atoms with van der Waals surface area (Å²) in [6, 6.07) is 16.0. The van der Waals surface area contributed by atoms with Crippen LogP contribution < -0.4 is 20.7 Å². The van der Waals surface area contributed by atoms with Gasteiger partial charge in [0.1, 0.15) is 17.1 Å². The minimum atomic E-state index is -0.529. The molecular weight excluding hydrogens is 418 g/mol. The maximum Gasteiger partial charge on any atom is 0.407 e. The molecule has 176 valence electrons. The molecular formula is C26H33N3O4. The number of alkyl carbamates (subject to hydrolysis) is 1. The number of hydrogen-bond acceptors (Lipinski definition) is 5. The van der Waals surface area contributed by atoms with Gasteiger partial charge in [-0.15, -0.1) is 0 Å². The van der Waals surface area contributed by atoms with Crippen LogP contribution in [0.5, 0.6) is 11.5 Å². The minimum Gasteiger partial charge on any atom is -0.457 e. The van der Waals surface area contributed by atoms with Crippen LogP contribution in [0.25, 0.3) is 0 Å². The zero-order chi connectivity index (χ0) is 23.4. The zero-order valence-electron chi connectivity index (χ0n) is 19.5. The molecule has 33 heavy (non-hydrogen) atoms. The summed E-state index contributed by atoms with van der Waals surface area (Å²) in [5.41, 5.74) is 1.63. The standard InChI is InChI=1S/C26H33N3O4/c1-26(2,3)33-25(31)29-14-17-12-18(15-27-13-17)24(30)28-16-21-19-8-4-6-10-22(19)32-23-11-7-5-9-20(21)23/h4-11,17-18,21,27H,12-16H2,1-3H3,(H,28,30)(H,29,31)/t17-,18?/m1/s1. The van der Waals surface area contributed by atoms with Gasteiger partial charge in [-0.05, 0) is 51.8 Å². The van der Waals surface area contributed by atoms with Gasteiger partial charge in [0.25, 0.3) is 0 Å². The van der Waals surface area contributed by atoms with Gasteiger partial charge in [-0.25, -0.2) is 4.79 Å². The number of amides is 2. The fourth-order valence-electron chi connectivity index (χ4n) is 4.50. The second kappa shape index (κ2) is 9.83. The van der Waals surface area contributed by atoms with Gasteiger partial charge in [-0.1, -0.05) is 36.4 Å². The molecule has 2 heterocycles. The average Bonchev–Trinajstić information content (AvgIpc) is 2.79. The van der Waals surface area contributed by atoms with Gasteiger partial charge < -0.3 is 25.4 Å². The molecule has 1 saturated heterocycles. The van der Waals surface area contributed by atoms with Gasteiger partial charge in [-0.3, -0.25) is 4.79 Å². The lowest BCUT2D eigenvalue weighted by Crippen LogP contribution is -2.47. The Balaban J connectivity index is 1.34. The van der Waals surface area contributed by atoms with Crippen LogP contribution in [0.1, 0.15) is 44.2 Å². The summed E-state index contributed by atoms with van der Waals surface area (Å²) in [6.07, 6.45) is 0.293. The Morgan fingerprint density at radius 2 is 1.61 bits per heavy atom. The van der Waals surface area contributed by atoms with E-state index >= 15 is 0 Å². The Bertz CT molecular complexity index is 956. The van der Waals surface area contributed by atoms with Crippen LogP contribution in [-0.4, -0.2) is 43.8 Å². The smallest absolute Gasteiger partial charge is 0.407 e. The van der Waals surface area contributed by atoms with E-state index in [0.717, 1.165) is 35.6 Å². The SMILES string of the molecule is CC(C)(C)OC(=O)NC[C@H]1CNCC(C(=O)NCC2c3ccccc3Oc3ccccc32)C1. The highest BCUT2D eigenvalue weighted by atomic mass is 16.6. The monoisotopic (exact) mass is 451 g/mol. The fourth-order valence-corrected chi connectivity index (χ4v) is 4.50. The minimum absolute atomic E-state index is 0.0333. The van der Waals surface area contributed by atoms with Crippen molar-refractivity contribution in [2.75, 3.05) is 26.2 Å². The number of carbonyl (C=O) groups is 2. The summed E-state index contributed by atoms with van der Waals surface area (Å²) >= 11 is 0. The molecule has 3 N–H and O–H groups in total. The van der Waals surface area contributed by atoms with E-state index in [0.29, 0.717) is 19.6 Å². The van der Waals surface area contributed by atoms with E-state index in [9.17, 15) is 9.59 Å². The van der Waals surface area contributed by atoms with Gasteiger partial charge in [0.15, 0.2) is 0 Å². The lowest BCUT2D eigenvalue weighted by molar-refractivity contribution is -0.125. The van der Waals surface area contributed by atoms with Gasteiger partial charge in [0, 0.05) is 36.7 Å². The highest BCUT2D eigenvalue weighted by molar-refractivity contribution is 5.79. The number of carbonyl (C=O) groups excluding carboxylic acids is 2. The zero-order valence-corrected chi connectivity index (χ0v) is 19.5. The fraction of sp³-hybridized carbons (Fsp3) is 0.462. The molecule has 1 unspecified atom stereocenters. The van der Waals surface area contributed by atoms with Crippen molar-refractivity contribution < 1.29 is 19.1 Å². The van der Waals surface area contributed by atoms with Gasteiger partial charge in [0.05, 0.1) is 5.92 Å². The molecule has 2 aromatic carbocycles. The molecule has 7 heteroatoms. The van der Waals surface area contributed by atoms with E-state index in [1.54, 1.807) is 0 Å². The lowest BCUT2D eigenvalue weighted by Gasteiger charge is -2.31. The van der Waals surface area contributed by atoms with E-state index in [-0.39, 0.29) is 23.7 Å². The second-order valence-electron chi connectivity index (χ2n) is 9.82. The molecule has 2 atom stereocenters. The normalized spacial score (nSPS) is 20.1. The number of nitrogens with one attached hydrogen (secondary N) is 3. The van der Waals surface area contributed by atoms with Crippen molar-refractivity contribution in [3.63, 3.8) is 0 Å². The van der Waals surface area contributed by atoms with Crippen molar-refractivity contribution in [1.29, 1.82) is 0 Å². The van der Waals surface area contributed by atoms with Crippen LogP contribution in [-0.2, 0) is 9.53 Å². The molecule has 0 aromatic heterocycles. The average molecular weight is 452 g/mol. The van der Waals surface area contributed by atoms with E-state index in [4.69, 9.17) is 9.47 Å². The summed E-state index contributed by atoms with van der Waals surface area (Å²) in [6.45, 7) is 7.90. The predicted molar refractivity (Wildman–Crippen MR) is 127 cm³/mol. The third-order valence-corrected chi connectivity index (χ3v) is 6.04. The first kappa shape index (κ1) is 23.1. The third-order valence-electron chi connectivity index (χ3n) is 6.04. The van der Waals surface area contributed by atoms with Gasteiger partial charge >= 0.3 is 6.09 Å². The third kappa shape index (κ3) is 5.85. The molecule has 1 fully saturated rings. The van der Waals surface area contributed by atoms with Crippen LogP contribution in [0.3, 0.4) is 0 Å². The van der Waals surface area contributed by atoms with E-state index in [1.165, 1.54) is 0 Å². The second-order valence-corrected chi connectivity index (χ2v) is 9.82. The molecule has 2 aliphatic heterocycles.